The summed E-state index contributed by atoms with van der Waals surface area (Å²) < 4.78 is 4.99. The molecule has 0 unspecified atom stereocenters. The first-order chi connectivity index (χ1) is 11.2. The third kappa shape index (κ3) is 5.43. The first-order valence-electron chi connectivity index (χ1n) is 7.23. The SMILES string of the molecule is CCC(=NOCc1ccccc1)c1ccc(OCC(=O)O)nc1. The number of aromatic nitrogens is 1. The largest absolute Gasteiger partial charge is 0.479 e. The number of carbonyl (C=O) groups is 1. The second-order valence-corrected chi connectivity index (χ2v) is 4.72. The van der Waals surface area contributed by atoms with E-state index >= 15 is 0 Å². The fraction of sp³-hybridized carbons (Fsp3) is 0.235. The second-order valence-electron chi connectivity index (χ2n) is 4.72. The van der Waals surface area contributed by atoms with Crippen LogP contribution in [0.5, 0.6) is 5.88 Å². The van der Waals surface area contributed by atoms with Crippen LogP contribution in [0.15, 0.2) is 53.8 Å². The Kier molecular flexibility index (Phi) is 6.11. The predicted molar refractivity (Wildman–Crippen MR) is 85.4 cm³/mol. The summed E-state index contributed by atoms with van der Waals surface area (Å²) in [5, 5.41) is 12.7. The van der Waals surface area contributed by atoms with Crippen LogP contribution < -0.4 is 4.74 Å². The van der Waals surface area contributed by atoms with E-state index in [1.807, 2.05) is 37.3 Å². The Balaban J connectivity index is 1.96. The molecule has 0 saturated heterocycles. The summed E-state index contributed by atoms with van der Waals surface area (Å²) in [4.78, 5) is 19.9. The molecule has 0 spiro atoms. The molecule has 0 aliphatic carbocycles. The van der Waals surface area contributed by atoms with E-state index in [-0.39, 0.29) is 5.88 Å². The fourth-order valence-corrected chi connectivity index (χ4v) is 1.85. The Bertz CT molecular complexity index is 654. The van der Waals surface area contributed by atoms with Crippen molar-refractivity contribution in [3.8, 4) is 5.88 Å². The molecule has 0 aliphatic heterocycles. The van der Waals surface area contributed by atoms with Gasteiger partial charge in [0.1, 0.15) is 6.61 Å². The van der Waals surface area contributed by atoms with Crippen LogP contribution in [0.4, 0.5) is 0 Å². The number of oxime groups is 1. The van der Waals surface area contributed by atoms with E-state index in [1.54, 1.807) is 18.3 Å². The molecule has 0 bridgehead atoms. The number of hydrogen-bond donors (Lipinski definition) is 1. The molecule has 1 aromatic carbocycles. The van der Waals surface area contributed by atoms with Gasteiger partial charge in [0.2, 0.25) is 5.88 Å². The number of benzene rings is 1. The number of carboxylic acid groups (broad SMARTS) is 1. The maximum atomic E-state index is 10.4. The van der Waals surface area contributed by atoms with Crippen LogP contribution in [-0.4, -0.2) is 28.4 Å². The second kappa shape index (κ2) is 8.53. The molecule has 2 aromatic rings. The van der Waals surface area contributed by atoms with Crippen molar-refractivity contribution in [2.24, 2.45) is 5.16 Å². The van der Waals surface area contributed by atoms with Crippen molar-refractivity contribution in [3.05, 3.63) is 59.8 Å². The lowest BCUT2D eigenvalue weighted by atomic mass is 10.1. The number of ether oxygens (including phenoxy) is 1. The van der Waals surface area contributed by atoms with Gasteiger partial charge in [-0.05, 0) is 18.1 Å². The molecule has 0 fully saturated rings. The van der Waals surface area contributed by atoms with E-state index in [1.165, 1.54) is 0 Å². The summed E-state index contributed by atoms with van der Waals surface area (Å²) in [6.07, 6.45) is 2.27. The number of rotatable bonds is 8. The van der Waals surface area contributed by atoms with Crippen LogP contribution >= 0.6 is 0 Å². The van der Waals surface area contributed by atoms with Gasteiger partial charge in [0.25, 0.3) is 0 Å². The maximum absolute atomic E-state index is 10.4. The summed E-state index contributed by atoms with van der Waals surface area (Å²) in [6.45, 7) is 1.96. The van der Waals surface area contributed by atoms with Crippen LogP contribution in [0.3, 0.4) is 0 Å². The van der Waals surface area contributed by atoms with Crippen LogP contribution in [0.1, 0.15) is 24.5 Å². The molecule has 1 heterocycles. The van der Waals surface area contributed by atoms with Crippen molar-refractivity contribution in [2.75, 3.05) is 6.61 Å². The normalized spacial score (nSPS) is 11.1. The maximum Gasteiger partial charge on any atom is 0.341 e. The average Bonchev–Trinajstić information content (AvgIpc) is 2.58. The highest BCUT2D eigenvalue weighted by Crippen LogP contribution is 2.11. The van der Waals surface area contributed by atoms with E-state index in [0.717, 1.165) is 16.8 Å². The molecular formula is C17H18N2O4. The van der Waals surface area contributed by atoms with Crippen molar-refractivity contribution >= 4 is 11.7 Å². The lowest BCUT2D eigenvalue weighted by Crippen LogP contribution is -2.10. The third-order valence-electron chi connectivity index (χ3n) is 3.00. The quantitative estimate of drug-likeness (QED) is 0.598. The van der Waals surface area contributed by atoms with Crippen LogP contribution in [-0.2, 0) is 16.2 Å². The molecule has 0 saturated carbocycles. The van der Waals surface area contributed by atoms with Gasteiger partial charge < -0.3 is 14.7 Å². The van der Waals surface area contributed by atoms with Gasteiger partial charge in [0.15, 0.2) is 6.61 Å². The number of aliphatic carboxylic acids is 1. The first kappa shape index (κ1) is 16.5. The Morgan fingerprint density at radius 2 is 2.00 bits per heavy atom. The minimum atomic E-state index is -1.04. The lowest BCUT2D eigenvalue weighted by molar-refractivity contribution is -0.139. The summed E-state index contributed by atoms with van der Waals surface area (Å²) in [6, 6.07) is 13.2. The topological polar surface area (TPSA) is 81.0 Å². The van der Waals surface area contributed by atoms with E-state index in [2.05, 4.69) is 10.1 Å². The molecular weight excluding hydrogens is 296 g/mol. The van der Waals surface area contributed by atoms with Crippen molar-refractivity contribution < 1.29 is 19.5 Å². The number of carboxylic acids is 1. The molecule has 1 N–H and O–H groups in total. The number of pyridine rings is 1. The van der Waals surface area contributed by atoms with Crippen molar-refractivity contribution in [2.45, 2.75) is 20.0 Å². The van der Waals surface area contributed by atoms with E-state index in [9.17, 15) is 4.79 Å². The number of hydrogen-bond acceptors (Lipinski definition) is 5. The molecule has 0 aliphatic rings. The highest BCUT2D eigenvalue weighted by molar-refractivity contribution is 5.99. The molecule has 120 valence electrons. The van der Waals surface area contributed by atoms with Gasteiger partial charge in [-0.15, -0.1) is 0 Å². The van der Waals surface area contributed by atoms with Gasteiger partial charge in [-0.1, -0.05) is 42.4 Å². The molecule has 6 heteroatoms. The minimum Gasteiger partial charge on any atom is -0.479 e. The summed E-state index contributed by atoms with van der Waals surface area (Å²) in [5.41, 5.74) is 2.61. The fourth-order valence-electron chi connectivity index (χ4n) is 1.85. The Labute approximate surface area is 134 Å². The average molecular weight is 314 g/mol. The Hall–Kier alpha value is -2.89. The molecule has 23 heavy (non-hydrogen) atoms. The van der Waals surface area contributed by atoms with Crippen LogP contribution in [0.25, 0.3) is 0 Å². The van der Waals surface area contributed by atoms with E-state index in [4.69, 9.17) is 14.7 Å². The van der Waals surface area contributed by atoms with E-state index in [0.29, 0.717) is 13.0 Å². The van der Waals surface area contributed by atoms with Crippen molar-refractivity contribution in [3.63, 3.8) is 0 Å². The standard InChI is InChI=1S/C17H18N2O4/c1-2-15(19-23-11-13-6-4-3-5-7-13)14-8-9-16(18-10-14)22-12-17(20)21/h3-10H,2,11-12H2,1H3,(H,20,21). The number of nitrogens with zero attached hydrogens (tertiary/aromatic N) is 2. The Morgan fingerprint density at radius 1 is 1.22 bits per heavy atom. The summed E-state index contributed by atoms with van der Waals surface area (Å²) in [5.74, 6) is -0.780. The van der Waals surface area contributed by atoms with Gasteiger partial charge in [0.05, 0.1) is 5.71 Å². The van der Waals surface area contributed by atoms with E-state index < -0.39 is 12.6 Å². The van der Waals surface area contributed by atoms with Gasteiger partial charge in [-0.25, -0.2) is 9.78 Å². The highest BCUT2D eigenvalue weighted by atomic mass is 16.6. The summed E-state index contributed by atoms with van der Waals surface area (Å²) in [7, 11) is 0. The molecule has 0 amide bonds. The zero-order chi connectivity index (χ0) is 16.5. The molecule has 0 atom stereocenters. The molecule has 6 nitrogen and oxygen atoms in total. The summed E-state index contributed by atoms with van der Waals surface area (Å²) >= 11 is 0. The minimum absolute atomic E-state index is 0.261. The monoisotopic (exact) mass is 314 g/mol. The van der Waals surface area contributed by atoms with Crippen LogP contribution in [0, 0.1) is 0 Å². The highest BCUT2D eigenvalue weighted by Gasteiger charge is 2.05. The zero-order valence-electron chi connectivity index (χ0n) is 12.8. The van der Waals surface area contributed by atoms with Gasteiger partial charge in [-0.3, -0.25) is 0 Å². The predicted octanol–water partition coefficient (Wildman–Crippen LogP) is 2.88. The zero-order valence-corrected chi connectivity index (χ0v) is 12.8. The van der Waals surface area contributed by atoms with Crippen molar-refractivity contribution in [1.29, 1.82) is 0 Å². The van der Waals surface area contributed by atoms with Gasteiger partial charge >= 0.3 is 5.97 Å². The van der Waals surface area contributed by atoms with Gasteiger partial charge in [0, 0.05) is 17.8 Å². The molecule has 2 rings (SSSR count). The first-order valence-corrected chi connectivity index (χ1v) is 7.23. The van der Waals surface area contributed by atoms with Gasteiger partial charge in [-0.2, -0.15) is 0 Å². The van der Waals surface area contributed by atoms with Crippen molar-refractivity contribution in [1.82, 2.24) is 4.98 Å². The lowest BCUT2D eigenvalue weighted by Gasteiger charge is -2.06. The third-order valence-corrected chi connectivity index (χ3v) is 3.00. The van der Waals surface area contributed by atoms with Crippen LogP contribution in [0.2, 0.25) is 0 Å². The smallest absolute Gasteiger partial charge is 0.341 e. The molecule has 0 radical (unpaired) electrons. The molecule has 1 aromatic heterocycles. The Morgan fingerprint density at radius 3 is 2.61 bits per heavy atom.